The van der Waals surface area contributed by atoms with Crippen LogP contribution < -0.4 is 5.56 Å². The molecule has 3 aromatic rings. The van der Waals surface area contributed by atoms with Gasteiger partial charge in [-0.05, 0) is 25.1 Å². The summed E-state index contributed by atoms with van der Waals surface area (Å²) in [4.78, 5) is 15.4. The molecule has 0 saturated carbocycles. The minimum Gasteiger partial charge on any atom is -0.268 e. The van der Waals surface area contributed by atoms with Crippen LogP contribution in [0, 0.1) is 6.92 Å². The molecule has 17 heavy (non-hydrogen) atoms. The molecular weight excluding hydrogens is 234 g/mol. The van der Waals surface area contributed by atoms with Gasteiger partial charge < -0.3 is 0 Å². The maximum absolute atomic E-state index is 10.9. The van der Waals surface area contributed by atoms with Crippen LogP contribution in [0.2, 0.25) is 0 Å². The second-order valence-corrected chi connectivity index (χ2v) is 4.96. The number of aromatic amines is 1. The van der Waals surface area contributed by atoms with Crippen LogP contribution in [-0.4, -0.2) is 15.2 Å². The van der Waals surface area contributed by atoms with Crippen molar-refractivity contribution in [3.8, 4) is 11.3 Å². The number of H-pyrrole nitrogens is 1. The van der Waals surface area contributed by atoms with E-state index >= 15 is 0 Å². The SMILES string of the molecule is Cc1nc2cc(-c3ccc(=O)[nH]n3)ccc2s1. The van der Waals surface area contributed by atoms with E-state index in [1.165, 1.54) is 6.07 Å². The Hall–Kier alpha value is -2.01. The van der Waals surface area contributed by atoms with Crippen LogP contribution in [-0.2, 0) is 0 Å². The first-order valence-corrected chi connectivity index (χ1v) is 5.97. The average molecular weight is 243 g/mol. The van der Waals surface area contributed by atoms with E-state index in [9.17, 15) is 4.79 Å². The minimum atomic E-state index is -0.195. The van der Waals surface area contributed by atoms with Gasteiger partial charge in [-0.2, -0.15) is 5.10 Å². The summed E-state index contributed by atoms with van der Waals surface area (Å²) in [6.45, 7) is 1.99. The molecule has 0 atom stereocenters. The number of aryl methyl sites for hydroxylation is 1. The number of nitrogens with one attached hydrogen (secondary N) is 1. The molecular formula is C12H9N3OS. The molecule has 0 aliphatic rings. The average Bonchev–Trinajstić information content (AvgIpc) is 2.69. The van der Waals surface area contributed by atoms with Crippen molar-refractivity contribution in [2.45, 2.75) is 6.92 Å². The van der Waals surface area contributed by atoms with Crippen LogP contribution >= 0.6 is 11.3 Å². The predicted molar refractivity (Wildman–Crippen MR) is 68.2 cm³/mol. The Morgan fingerprint density at radius 2 is 2.12 bits per heavy atom. The lowest BCUT2D eigenvalue weighted by atomic mass is 10.1. The van der Waals surface area contributed by atoms with Crippen molar-refractivity contribution >= 4 is 21.6 Å². The topological polar surface area (TPSA) is 58.6 Å². The van der Waals surface area contributed by atoms with Crippen molar-refractivity contribution in [1.82, 2.24) is 15.2 Å². The van der Waals surface area contributed by atoms with E-state index in [1.54, 1.807) is 17.4 Å². The smallest absolute Gasteiger partial charge is 0.264 e. The number of aromatic nitrogens is 3. The number of rotatable bonds is 1. The van der Waals surface area contributed by atoms with Gasteiger partial charge in [-0.3, -0.25) is 4.79 Å². The van der Waals surface area contributed by atoms with E-state index in [1.807, 2.05) is 25.1 Å². The standard InChI is InChI=1S/C12H9N3OS/c1-7-13-10-6-8(2-4-11(10)17-7)9-3-5-12(16)15-14-9/h2-6H,1H3,(H,15,16). The molecule has 0 saturated heterocycles. The number of nitrogens with zero attached hydrogens (tertiary/aromatic N) is 2. The molecule has 2 heterocycles. The number of hydrogen-bond donors (Lipinski definition) is 1. The number of benzene rings is 1. The molecule has 0 amide bonds. The Balaban J connectivity index is 2.17. The van der Waals surface area contributed by atoms with Gasteiger partial charge in [0.2, 0.25) is 0 Å². The lowest BCUT2D eigenvalue weighted by Crippen LogP contribution is -2.05. The van der Waals surface area contributed by atoms with Gasteiger partial charge in [0.15, 0.2) is 0 Å². The lowest BCUT2D eigenvalue weighted by Gasteiger charge is -1.98. The van der Waals surface area contributed by atoms with Gasteiger partial charge in [-0.25, -0.2) is 10.1 Å². The molecule has 0 bridgehead atoms. The number of fused-ring (bicyclic) bond motifs is 1. The molecule has 0 radical (unpaired) electrons. The third kappa shape index (κ3) is 1.85. The summed E-state index contributed by atoms with van der Waals surface area (Å²) < 4.78 is 1.16. The maximum atomic E-state index is 10.9. The summed E-state index contributed by atoms with van der Waals surface area (Å²) in [5.41, 5.74) is 2.48. The normalized spacial score (nSPS) is 10.9. The lowest BCUT2D eigenvalue weighted by molar-refractivity contribution is 0.995. The summed E-state index contributed by atoms with van der Waals surface area (Å²) in [6.07, 6.45) is 0. The van der Waals surface area contributed by atoms with Crippen LogP contribution in [0.5, 0.6) is 0 Å². The fraction of sp³-hybridized carbons (Fsp3) is 0.0833. The zero-order valence-corrected chi connectivity index (χ0v) is 9.91. The maximum Gasteiger partial charge on any atom is 0.264 e. The van der Waals surface area contributed by atoms with Crippen molar-refractivity contribution < 1.29 is 0 Å². The molecule has 0 aliphatic heterocycles. The van der Waals surface area contributed by atoms with Crippen LogP contribution in [0.3, 0.4) is 0 Å². The first-order chi connectivity index (χ1) is 8.22. The first-order valence-electron chi connectivity index (χ1n) is 5.16. The van der Waals surface area contributed by atoms with E-state index in [2.05, 4.69) is 15.2 Å². The van der Waals surface area contributed by atoms with Crippen molar-refractivity contribution in [3.63, 3.8) is 0 Å². The molecule has 3 rings (SSSR count). The fourth-order valence-corrected chi connectivity index (χ4v) is 2.51. The summed E-state index contributed by atoms with van der Waals surface area (Å²) in [6, 6.07) is 9.18. The first kappa shape index (κ1) is 10.2. The largest absolute Gasteiger partial charge is 0.268 e. The van der Waals surface area contributed by atoms with Crippen molar-refractivity contribution in [3.05, 3.63) is 45.7 Å². The highest BCUT2D eigenvalue weighted by Gasteiger charge is 2.04. The second kappa shape index (κ2) is 3.78. The van der Waals surface area contributed by atoms with Gasteiger partial charge in [0, 0.05) is 11.6 Å². The molecule has 5 heteroatoms. The monoisotopic (exact) mass is 243 g/mol. The van der Waals surface area contributed by atoms with Gasteiger partial charge in [-0.1, -0.05) is 6.07 Å². The molecule has 1 N–H and O–H groups in total. The molecule has 1 aromatic carbocycles. The molecule has 0 fully saturated rings. The third-order valence-electron chi connectivity index (χ3n) is 2.47. The molecule has 0 aliphatic carbocycles. The minimum absolute atomic E-state index is 0.195. The van der Waals surface area contributed by atoms with Crippen molar-refractivity contribution in [2.75, 3.05) is 0 Å². The summed E-state index contributed by atoms with van der Waals surface area (Å²) >= 11 is 1.67. The Labute approximate surface area is 101 Å². The Morgan fingerprint density at radius 3 is 2.88 bits per heavy atom. The second-order valence-electron chi connectivity index (χ2n) is 3.72. The summed E-state index contributed by atoms with van der Waals surface area (Å²) in [5.74, 6) is 0. The van der Waals surface area contributed by atoms with E-state index in [4.69, 9.17) is 0 Å². The Bertz CT molecular complexity index is 724. The predicted octanol–water partition coefficient (Wildman–Crippen LogP) is 2.36. The number of hydrogen-bond acceptors (Lipinski definition) is 4. The number of thiazole rings is 1. The van der Waals surface area contributed by atoms with Crippen LogP contribution in [0.15, 0.2) is 35.1 Å². The quantitative estimate of drug-likeness (QED) is 0.713. The molecule has 0 unspecified atom stereocenters. The zero-order chi connectivity index (χ0) is 11.8. The van der Waals surface area contributed by atoms with Gasteiger partial charge >= 0.3 is 0 Å². The van der Waals surface area contributed by atoms with Crippen LogP contribution in [0.1, 0.15) is 5.01 Å². The van der Waals surface area contributed by atoms with E-state index < -0.39 is 0 Å². The highest BCUT2D eigenvalue weighted by Crippen LogP contribution is 2.26. The fourth-order valence-electron chi connectivity index (χ4n) is 1.71. The highest BCUT2D eigenvalue weighted by atomic mass is 32.1. The van der Waals surface area contributed by atoms with Gasteiger partial charge in [0.25, 0.3) is 5.56 Å². The Kier molecular flexibility index (Phi) is 2.26. The Morgan fingerprint density at radius 1 is 1.24 bits per heavy atom. The van der Waals surface area contributed by atoms with E-state index in [0.717, 1.165) is 26.5 Å². The van der Waals surface area contributed by atoms with Gasteiger partial charge in [-0.15, -0.1) is 11.3 Å². The van der Waals surface area contributed by atoms with Crippen molar-refractivity contribution in [1.29, 1.82) is 0 Å². The molecule has 4 nitrogen and oxygen atoms in total. The van der Waals surface area contributed by atoms with Gasteiger partial charge in [0.1, 0.15) is 0 Å². The molecule has 84 valence electrons. The summed E-state index contributed by atoms with van der Waals surface area (Å²) in [7, 11) is 0. The van der Waals surface area contributed by atoms with Crippen molar-refractivity contribution in [2.24, 2.45) is 0 Å². The molecule has 0 spiro atoms. The molecule has 2 aromatic heterocycles. The summed E-state index contributed by atoms with van der Waals surface area (Å²) in [5, 5.41) is 7.48. The van der Waals surface area contributed by atoms with E-state index in [-0.39, 0.29) is 5.56 Å². The van der Waals surface area contributed by atoms with Gasteiger partial charge in [0.05, 0.1) is 20.9 Å². The zero-order valence-electron chi connectivity index (χ0n) is 9.10. The highest BCUT2D eigenvalue weighted by molar-refractivity contribution is 7.18. The third-order valence-corrected chi connectivity index (χ3v) is 3.42. The van der Waals surface area contributed by atoms with E-state index in [0.29, 0.717) is 0 Å². The van der Waals surface area contributed by atoms with Crippen LogP contribution in [0.25, 0.3) is 21.5 Å². The van der Waals surface area contributed by atoms with Crippen LogP contribution in [0.4, 0.5) is 0 Å².